The predicted octanol–water partition coefficient (Wildman–Crippen LogP) is 0.182. The number of nitrogens with one attached hydrogen (secondary N) is 1. The molecule has 6 heteroatoms. The summed E-state index contributed by atoms with van der Waals surface area (Å²) in [7, 11) is 0. The topological polar surface area (TPSA) is 80.9 Å². The van der Waals surface area contributed by atoms with Crippen LogP contribution in [0.1, 0.15) is 13.3 Å². The summed E-state index contributed by atoms with van der Waals surface area (Å²) in [6.45, 7) is 2.34. The van der Waals surface area contributed by atoms with Crippen LogP contribution in [0.4, 0.5) is 5.82 Å². The first-order chi connectivity index (χ1) is 6.07. The van der Waals surface area contributed by atoms with Crippen molar-refractivity contribution in [3.63, 3.8) is 0 Å². The molecule has 1 aromatic rings. The number of aromatic nitrogens is 2. The van der Waals surface area contributed by atoms with Crippen molar-refractivity contribution in [1.29, 1.82) is 0 Å². The average molecular weight is 204 g/mol. The quantitative estimate of drug-likeness (QED) is 0.720. The van der Waals surface area contributed by atoms with E-state index in [2.05, 4.69) is 4.98 Å². The fourth-order valence-electron chi connectivity index (χ4n) is 1.01. The number of hydrogen-bond acceptors (Lipinski definition) is 3. The molecular formula is C7H10ClN3O2. The Bertz CT molecular complexity index is 421. The van der Waals surface area contributed by atoms with Gasteiger partial charge in [-0.3, -0.25) is 14.3 Å². The largest absolute Gasteiger partial charge is 0.384 e. The monoisotopic (exact) mass is 203 g/mol. The number of H-pyrrole nitrogens is 1. The predicted molar refractivity (Wildman–Crippen MR) is 51.0 cm³/mol. The average Bonchev–Trinajstić information content (AvgIpc) is 2.09. The Kier molecular flexibility index (Phi) is 2.77. The standard InChI is InChI=1S/C7H10ClN3O2/c1-2-3-11-5(9)4(8)6(12)10-7(11)13/h2-3,9H2,1H3,(H,10,12,13). The number of nitrogens with zero attached hydrogens (tertiary/aromatic N) is 1. The van der Waals surface area contributed by atoms with Gasteiger partial charge in [-0.25, -0.2) is 4.79 Å². The number of anilines is 1. The Balaban J connectivity index is 3.44. The lowest BCUT2D eigenvalue weighted by molar-refractivity contribution is 0.642. The maximum absolute atomic E-state index is 11.2. The Morgan fingerprint density at radius 1 is 1.54 bits per heavy atom. The van der Waals surface area contributed by atoms with Crippen LogP contribution in [0.2, 0.25) is 5.02 Å². The zero-order valence-electron chi connectivity index (χ0n) is 7.13. The van der Waals surface area contributed by atoms with Crippen LogP contribution in [0.25, 0.3) is 0 Å². The molecule has 13 heavy (non-hydrogen) atoms. The second-order valence-corrected chi connectivity index (χ2v) is 2.99. The van der Waals surface area contributed by atoms with E-state index in [-0.39, 0.29) is 10.8 Å². The Labute approximate surface area is 79.1 Å². The number of hydrogen-bond donors (Lipinski definition) is 2. The van der Waals surface area contributed by atoms with E-state index in [1.165, 1.54) is 4.57 Å². The summed E-state index contributed by atoms with van der Waals surface area (Å²) in [6.07, 6.45) is 0.743. The lowest BCUT2D eigenvalue weighted by Gasteiger charge is -2.07. The highest BCUT2D eigenvalue weighted by atomic mass is 35.5. The molecule has 0 saturated carbocycles. The van der Waals surface area contributed by atoms with E-state index in [0.717, 1.165) is 6.42 Å². The molecule has 0 bridgehead atoms. The molecule has 0 aliphatic heterocycles. The van der Waals surface area contributed by atoms with Crippen molar-refractivity contribution in [2.45, 2.75) is 19.9 Å². The summed E-state index contributed by atoms with van der Waals surface area (Å²) in [5.41, 5.74) is 4.32. The van der Waals surface area contributed by atoms with Gasteiger partial charge in [0, 0.05) is 6.54 Å². The van der Waals surface area contributed by atoms with Crippen LogP contribution in [0.3, 0.4) is 0 Å². The molecule has 72 valence electrons. The minimum atomic E-state index is -0.642. The van der Waals surface area contributed by atoms with Crippen LogP contribution in [0, 0.1) is 0 Å². The normalized spacial score (nSPS) is 10.3. The number of aromatic amines is 1. The van der Waals surface area contributed by atoms with Gasteiger partial charge in [-0.2, -0.15) is 0 Å². The highest BCUT2D eigenvalue weighted by Gasteiger charge is 2.08. The molecule has 0 aliphatic rings. The fourth-order valence-corrected chi connectivity index (χ4v) is 1.16. The fraction of sp³-hybridized carbons (Fsp3) is 0.429. The number of nitrogens with two attached hydrogens (primary N) is 1. The van der Waals surface area contributed by atoms with Crippen molar-refractivity contribution in [2.24, 2.45) is 0 Å². The second kappa shape index (κ2) is 3.66. The minimum absolute atomic E-state index is 0.0252. The molecule has 1 rings (SSSR count). The SMILES string of the molecule is CCCn1c(N)c(Cl)c(=O)[nH]c1=O. The van der Waals surface area contributed by atoms with Crippen LogP contribution < -0.4 is 17.0 Å². The van der Waals surface area contributed by atoms with Crippen molar-refractivity contribution in [1.82, 2.24) is 9.55 Å². The van der Waals surface area contributed by atoms with E-state index in [1.807, 2.05) is 6.92 Å². The molecule has 1 heterocycles. The molecule has 0 radical (unpaired) electrons. The van der Waals surface area contributed by atoms with Crippen molar-refractivity contribution in [2.75, 3.05) is 5.73 Å². The van der Waals surface area contributed by atoms with Gasteiger partial charge < -0.3 is 5.73 Å². The molecule has 0 aliphatic carbocycles. The van der Waals surface area contributed by atoms with Crippen molar-refractivity contribution >= 4 is 17.4 Å². The summed E-state index contributed by atoms with van der Waals surface area (Å²) in [5, 5.41) is -0.131. The van der Waals surface area contributed by atoms with E-state index in [0.29, 0.717) is 6.54 Å². The molecule has 1 aromatic heterocycles. The third kappa shape index (κ3) is 1.75. The summed E-state index contributed by atoms with van der Waals surface area (Å²) >= 11 is 5.56. The van der Waals surface area contributed by atoms with E-state index in [1.54, 1.807) is 0 Å². The van der Waals surface area contributed by atoms with Crippen molar-refractivity contribution < 1.29 is 0 Å². The van der Waals surface area contributed by atoms with Crippen LogP contribution in [-0.4, -0.2) is 9.55 Å². The molecule has 0 saturated heterocycles. The van der Waals surface area contributed by atoms with Gasteiger partial charge in [0.05, 0.1) is 0 Å². The Morgan fingerprint density at radius 2 is 2.15 bits per heavy atom. The van der Waals surface area contributed by atoms with Crippen LogP contribution >= 0.6 is 11.6 Å². The van der Waals surface area contributed by atoms with Gasteiger partial charge in [0.1, 0.15) is 10.8 Å². The highest BCUT2D eigenvalue weighted by Crippen LogP contribution is 2.09. The number of rotatable bonds is 2. The van der Waals surface area contributed by atoms with Crippen LogP contribution in [-0.2, 0) is 6.54 Å². The molecule has 0 fully saturated rings. The summed E-state index contributed by atoms with van der Waals surface area (Å²) in [6, 6.07) is 0. The molecular weight excluding hydrogens is 194 g/mol. The smallest absolute Gasteiger partial charge is 0.329 e. The molecule has 3 N–H and O–H groups in total. The zero-order chi connectivity index (χ0) is 10.0. The Hall–Kier alpha value is -1.23. The third-order valence-electron chi connectivity index (χ3n) is 1.63. The van der Waals surface area contributed by atoms with Gasteiger partial charge in [0.15, 0.2) is 0 Å². The molecule has 0 atom stereocenters. The molecule has 5 nitrogen and oxygen atoms in total. The van der Waals surface area contributed by atoms with Gasteiger partial charge in [-0.15, -0.1) is 0 Å². The lowest BCUT2D eigenvalue weighted by atomic mass is 10.4. The Morgan fingerprint density at radius 3 is 2.69 bits per heavy atom. The van der Waals surface area contributed by atoms with E-state index >= 15 is 0 Å². The lowest BCUT2D eigenvalue weighted by Crippen LogP contribution is -2.32. The highest BCUT2D eigenvalue weighted by molar-refractivity contribution is 6.32. The van der Waals surface area contributed by atoms with Gasteiger partial charge in [0.2, 0.25) is 0 Å². The van der Waals surface area contributed by atoms with E-state index in [9.17, 15) is 9.59 Å². The van der Waals surface area contributed by atoms with Crippen LogP contribution in [0.15, 0.2) is 9.59 Å². The second-order valence-electron chi connectivity index (χ2n) is 2.61. The van der Waals surface area contributed by atoms with Gasteiger partial charge in [-0.05, 0) is 6.42 Å². The maximum Gasteiger partial charge on any atom is 0.329 e. The van der Waals surface area contributed by atoms with Crippen LogP contribution in [0.5, 0.6) is 0 Å². The molecule has 0 aromatic carbocycles. The van der Waals surface area contributed by atoms with Crippen molar-refractivity contribution in [3.8, 4) is 0 Å². The molecule has 0 amide bonds. The summed E-state index contributed by atoms with van der Waals surface area (Å²) in [4.78, 5) is 24.2. The summed E-state index contributed by atoms with van der Waals surface area (Å²) in [5.74, 6) is 0.0252. The number of nitrogen functional groups attached to an aromatic ring is 1. The minimum Gasteiger partial charge on any atom is -0.384 e. The first-order valence-electron chi connectivity index (χ1n) is 3.86. The maximum atomic E-state index is 11.2. The zero-order valence-corrected chi connectivity index (χ0v) is 7.89. The van der Waals surface area contributed by atoms with E-state index in [4.69, 9.17) is 17.3 Å². The molecule has 0 unspecified atom stereocenters. The van der Waals surface area contributed by atoms with Crippen molar-refractivity contribution in [3.05, 3.63) is 25.9 Å². The molecule has 0 spiro atoms. The first-order valence-corrected chi connectivity index (χ1v) is 4.23. The number of halogens is 1. The summed E-state index contributed by atoms with van der Waals surface area (Å²) < 4.78 is 1.24. The first kappa shape index (κ1) is 9.85. The van der Waals surface area contributed by atoms with Gasteiger partial charge in [-0.1, -0.05) is 18.5 Å². The van der Waals surface area contributed by atoms with E-state index < -0.39 is 11.2 Å². The van der Waals surface area contributed by atoms with Gasteiger partial charge in [0.25, 0.3) is 5.56 Å². The van der Waals surface area contributed by atoms with Gasteiger partial charge >= 0.3 is 5.69 Å². The third-order valence-corrected chi connectivity index (χ3v) is 1.99.